The van der Waals surface area contributed by atoms with Crippen LogP contribution in [0.5, 0.6) is 0 Å². The van der Waals surface area contributed by atoms with Gasteiger partial charge in [-0.05, 0) is 39.8 Å². The van der Waals surface area contributed by atoms with Crippen LogP contribution in [-0.4, -0.2) is 30.1 Å². The van der Waals surface area contributed by atoms with Crippen LogP contribution >= 0.6 is 0 Å². The van der Waals surface area contributed by atoms with Gasteiger partial charge in [0.2, 0.25) is 0 Å². The number of hydrogen-bond acceptors (Lipinski definition) is 2. The predicted octanol–water partition coefficient (Wildman–Crippen LogP) is 1.84. The molecule has 0 saturated carbocycles. The maximum atomic E-state index is 5.71. The topological polar surface area (TPSA) is 29.3 Å². The third kappa shape index (κ3) is 4.73. The highest BCUT2D eigenvalue weighted by Gasteiger charge is 2.09. The Kier molecular flexibility index (Phi) is 6.39. The van der Waals surface area contributed by atoms with Gasteiger partial charge in [-0.15, -0.1) is 0 Å². The summed E-state index contributed by atoms with van der Waals surface area (Å²) in [6.07, 6.45) is 2.34. The first-order valence-corrected chi connectivity index (χ1v) is 5.11. The Morgan fingerprint density at radius 1 is 1.25 bits per heavy atom. The van der Waals surface area contributed by atoms with E-state index < -0.39 is 0 Å². The van der Waals surface area contributed by atoms with Crippen LogP contribution in [0.1, 0.15) is 40.5 Å². The second-order valence-electron chi connectivity index (χ2n) is 3.65. The molecule has 74 valence electrons. The molecular formula is C10H24N2. The van der Waals surface area contributed by atoms with E-state index >= 15 is 0 Å². The van der Waals surface area contributed by atoms with Gasteiger partial charge >= 0.3 is 0 Å². The lowest BCUT2D eigenvalue weighted by Crippen LogP contribution is -2.35. The predicted molar refractivity (Wildman–Crippen MR) is 55.3 cm³/mol. The highest BCUT2D eigenvalue weighted by atomic mass is 15.1. The quantitative estimate of drug-likeness (QED) is 0.662. The Balaban J connectivity index is 3.67. The van der Waals surface area contributed by atoms with Crippen molar-refractivity contribution in [1.29, 1.82) is 0 Å². The van der Waals surface area contributed by atoms with Gasteiger partial charge in [-0.25, -0.2) is 0 Å². The Hall–Kier alpha value is -0.0800. The molecule has 0 aromatic heterocycles. The molecule has 0 aliphatic carbocycles. The minimum atomic E-state index is 0.336. The van der Waals surface area contributed by atoms with Gasteiger partial charge < -0.3 is 10.6 Å². The summed E-state index contributed by atoms with van der Waals surface area (Å²) in [5.41, 5.74) is 5.71. The fourth-order valence-corrected chi connectivity index (χ4v) is 1.32. The first kappa shape index (κ1) is 11.9. The van der Waals surface area contributed by atoms with E-state index in [-0.39, 0.29) is 0 Å². The first-order chi connectivity index (χ1) is 5.61. The smallest absolute Gasteiger partial charge is 0.00641 e. The van der Waals surface area contributed by atoms with Crippen molar-refractivity contribution in [3.63, 3.8) is 0 Å². The summed E-state index contributed by atoms with van der Waals surface area (Å²) in [5.74, 6) is 0. The summed E-state index contributed by atoms with van der Waals surface area (Å²) in [5, 5.41) is 0. The van der Waals surface area contributed by atoms with Crippen LogP contribution in [-0.2, 0) is 0 Å². The fourth-order valence-electron chi connectivity index (χ4n) is 1.32. The molecule has 2 heteroatoms. The second-order valence-corrected chi connectivity index (χ2v) is 3.65. The molecule has 2 N–H and O–H groups in total. The molecule has 2 unspecified atom stereocenters. The molecule has 0 spiro atoms. The summed E-state index contributed by atoms with van der Waals surface area (Å²) in [6, 6.07) is 1.04. The Labute approximate surface area is 77.1 Å². The molecule has 2 atom stereocenters. The van der Waals surface area contributed by atoms with E-state index in [1.807, 2.05) is 0 Å². The minimum Gasteiger partial charge on any atom is -0.328 e. The highest BCUT2D eigenvalue weighted by molar-refractivity contribution is 4.66. The maximum Gasteiger partial charge on any atom is 0.00641 e. The van der Waals surface area contributed by atoms with Gasteiger partial charge in [0, 0.05) is 12.1 Å². The molecule has 0 aliphatic heterocycles. The van der Waals surface area contributed by atoms with Gasteiger partial charge in [0.05, 0.1) is 0 Å². The third-order valence-corrected chi connectivity index (χ3v) is 2.49. The molecule has 2 nitrogen and oxygen atoms in total. The van der Waals surface area contributed by atoms with Crippen LogP contribution in [0.2, 0.25) is 0 Å². The van der Waals surface area contributed by atoms with Gasteiger partial charge in [0.1, 0.15) is 0 Å². The van der Waals surface area contributed by atoms with Crippen molar-refractivity contribution in [3.05, 3.63) is 0 Å². The molecule has 0 aromatic carbocycles. The first-order valence-electron chi connectivity index (χ1n) is 5.11. The van der Waals surface area contributed by atoms with Crippen LogP contribution in [0.3, 0.4) is 0 Å². The zero-order valence-corrected chi connectivity index (χ0v) is 9.01. The van der Waals surface area contributed by atoms with Gasteiger partial charge in [0.25, 0.3) is 0 Å². The van der Waals surface area contributed by atoms with Crippen LogP contribution < -0.4 is 5.73 Å². The highest BCUT2D eigenvalue weighted by Crippen LogP contribution is 2.04. The number of hydrogen-bond donors (Lipinski definition) is 1. The van der Waals surface area contributed by atoms with Crippen molar-refractivity contribution >= 4 is 0 Å². The standard InChI is InChI=1S/C10H24N2/c1-5-10(4)12(6-2)8-7-9(3)11/h9-10H,5-8,11H2,1-4H3. The molecule has 0 amide bonds. The van der Waals surface area contributed by atoms with Crippen molar-refractivity contribution in [2.45, 2.75) is 52.6 Å². The molecule has 0 aliphatic rings. The molecule has 0 aromatic rings. The molecule has 0 bridgehead atoms. The lowest BCUT2D eigenvalue weighted by atomic mass is 10.2. The van der Waals surface area contributed by atoms with E-state index in [0.717, 1.165) is 19.5 Å². The Morgan fingerprint density at radius 3 is 2.17 bits per heavy atom. The van der Waals surface area contributed by atoms with Crippen molar-refractivity contribution in [3.8, 4) is 0 Å². The summed E-state index contributed by atoms with van der Waals surface area (Å²) in [6.45, 7) is 11.1. The molecule has 0 heterocycles. The number of nitrogens with two attached hydrogens (primary N) is 1. The summed E-state index contributed by atoms with van der Waals surface area (Å²) >= 11 is 0. The van der Waals surface area contributed by atoms with E-state index in [9.17, 15) is 0 Å². The number of nitrogens with zero attached hydrogens (tertiary/aromatic N) is 1. The maximum absolute atomic E-state index is 5.71. The molecule has 0 fully saturated rings. The van der Waals surface area contributed by atoms with E-state index in [2.05, 4.69) is 32.6 Å². The second kappa shape index (κ2) is 6.44. The molecule has 12 heavy (non-hydrogen) atoms. The van der Waals surface area contributed by atoms with Crippen molar-refractivity contribution < 1.29 is 0 Å². The molecule has 0 rings (SSSR count). The van der Waals surface area contributed by atoms with Gasteiger partial charge in [-0.2, -0.15) is 0 Å². The summed E-state index contributed by atoms with van der Waals surface area (Å²) < 4.78 is 0. The Morgan fingerprint density at radius 2 is 1.83 bits per heavy atom. The molecule has 0 saturated heterocycles. The van der Waals surface area contributed by atoms with E-state index in [4.69, 9.17) is 5.73 Å². The van der Waals surface area contributed by atoms with Crippen LogP contribution in [0.15, 0.2) is 0 Å². The van der Waals surface area contributed by atoms with E-state index in [1.54, 1.807) is 0 Å². The lowest BCUT2D eigenvalue weighted by molar-refractivity contribution is 0.208. The van der Waals surface area contributed by atoms with Crippen molar-refractivity contribution in [1.82, 2.24) is 4.90 Å². The zero-order valence-electron chi connectivity index (χ0n) is 9.01. The Bertz CT molecular complexity index is 102. The van der Waals surface area contributed by atoms with Crippen molar-refractivity contribution in [2.75, 3.05) is 13.1 Å². The largest absolute Gasteiger partial charge is 0.328 e. The average Bonchev–Trinajstić information content (AvgIpc) is 2.04. The lowest BCUT2D eigenvalue weighted by Gasteiger charge is -2.27. The van der Waals surface area contributed by atoms with E-state index in [1.165, 1.54) is 6.42 Å². The summed E-state index contributed by atoms with van der Waals surface area (Å²) in [4.78, 5) is 2.49. The van der Waals surface area contributed by atoms with Gasteiger partial charge in [-0.1, -0.05) is 13.8 Å². The summed E-state index contributed by atoms with van der Waals surface area (Å²) in [7, 11) is 0. The number of rotatable bonds is 6. The van der Waals surface area contributed by atoms with E-state index in [0.29, 0.717) is 12.1 Å². The third-order valence-electron chi connectivity index (χ3n) is 2.49. The normalized spacial score (nSPS) is 16.5. The SMILES string of the molecule is CCC(C)N(CC)CCC(C)N. The average molecular weight is 172 g/mol. The monoisotopic (exact) mass is 172 g/mol. The fraction of sp³-hybridized carbons (Fsp3) is 1.00. The van der Waals surface area contributed by atoms with Gasteiger partial charge in [0.15, 0.2) is 0 Å². The minimum absolute atomic E-state index is 0.336. The molecule has 0 radical (unpaired) electrons. The van der Waals surface area contributed by atoms with Crippen molar-refractivity contribution in [2.24, 2.45) is 5.73 Å². The van der Waals surface area contributed by atoms with Crippen LogP contribution in [0.25, 0.3) is 0 Å². The van der Waals surface area contributed by atoms with Crippen LogP contribution in [0, 0.1) is 0 Å². The molecular weight excluding hydrogens is 148 g/mol. The zero-order chi connectivity index (χ0) is 9.56. The van der Waals surface area contributed by atoms with Gasteiger partial charge in [-0.3, -0.25) is 0 Å². The van der Waals surface area contributed by atoms with Crippen LogP contribution in [0.4, 0.5) is 0 Å².